The van der Waals surface area contributed by atoms with E-state index in [-0.39, 0.29) is 34.4 Å². The number of carboxylic acid groups (broad SMARTS) is 1. The van der Waals surface area contributed by atoms with Crippen molar-refractivity contribution in [2.75, 3.05) is 6.61 Å². The predicted octanol–water partition coefficient (Wildman–Crippen LogP) is 2.33. The SMILES string of the molecule is CCOC(=O)C(C#N)c1c(C(=O)O)ccc2c1C(=O)c1ccccc1C2=O. The lowest BCUT2D eigenvalue weighted by Crippen LogP contribution is -2.27. The molecule has 1 aliphatic carbocycles. The van der Waals surface area contributed by atoms with Gasteiger partial charge in [-0.15, -0.1) is 0 Å². The predicted molar refractivity (Wildman–Crippen MR) is 91.7 cm³/mol. The second-order valence-corrected chi connectivity index (χ2v) is 5.77. The number of fused-ring (bicyclic) bond motifs is 2. The van der Waals surface area contributed by atoms with Gasteiger partial charge in [0.2, 0.25) is 0 Å². The Kier molecular flexibility index (Phi) is 4.57. The molecule has 1 aliphatic rings. The summed E-state index contributed by atoms with van der Waals surface area (Å²) in [6, 6.07) is 10.2. The Morgan fingerprint density at radius 3 is 2.26 bits per heavy atom. The summed E-state index contributed by atoms with van der Waals surface area (Å²) in [5.74, 6) is -5.12. The summed E-state index contributed by atoms with van der Waals surface area (Å²) >= 11 is 0. The molecule has 0 saturated carbocycles. The number of benzene rings is 2. The first-order valence-electron chi connectivity index (χ1n) is 8.07. The molecule has 7 nitrogen and oxygen atoms in total. The van der Waals surface area contributed by atoms with E-state index in [2.05, 4.69) is 0 Å². The van der Waals surface area contributed by atoms with Gasteiger partial charge < -0.3 is 9.84 Å². The van der Waals surface area contributed by atoms with Crippen LogP contribution in [0.15, 0.2) is 36.4 Å². The third-order valence-electron chi connectivity index (χ3n) is 4.30. The van der Waals surface area contributed by atoms with Crippen LogP contribution in [0.5, 0.6) is 0 Å². The molecule has 0 saturated heterocycles. The van der Waals surface area contributed by atoms with Crippen molar-refractivity contribution in [3.8, 4) is 6.07 Å². The molecule has 0 spiro atoms. The normalized spacial score (nSPS) is 13.2. The number of hydrogen-bond acceptors (Lipinski definition) is 6. The molecule has 2 aromatic carbocycles. The van der Waals surface area contributed by atoms with E-state index in [1.807, 2.05) is 0 Å². The number of esters is 1. The Labute approximate surface area is 153 Å². The number of ketones is 2. The van der Waals surface area contributed by atoms with Crippen LogP contribution in [0.25, 0.3) is 0 Å². The molecule has 1 unspecified atom stereocenters. The van der Waals surface area contributed by atoms with Crippen molar-refractivity contribution in [3.05, 3.63) is 69.8 Å². The fourth-order valence-electron chi connectivity index (χ4n) is 3.16. The van der Waals surface area contributed by atoms with Crippen molar-refractivity contribution >= 4 is 23.5 Å². The molecular weight excluding hydrogens is 350 g/mol. The van der Waals surface area contributed by atoms with Gasteiger partial charge in [-0.2, -0.15) is 5.26 Å². The zero-order valence-electron chi connectivity index (χ0n) is 14.2. The summed E-state index contributed by atoms with van der Waals surface area (Å²) in [5.41, 5.74) is -0.697. The lowest BCUT2D eigenvalue weighted by molar-refractivity contribution is -0.143. The Morgan fingerprint density at radius 1 is 1.07 bits per heavy atom. The van der Waals surface area contributed by atoms with E-state index in [0.29, 0.717) is 0 Å². The summed E-state index contributed by atoms with van der Waals surface area (Å²) in [4.78, 5) is 49.8. The molecular formula is C20H13NO6. The van der Waals surface area contributed by atoms with E-state index < -0.39 is 35.0 Å². The zero-order valence-corrected chi connectivity index (χ0v) is 14.2. The number of carboxylic acids is 1. The molecule has 0 aromatic heterocycles. The fourth-order valence-corrected chi connectivity index (χ4v) is 3.16. The lowest BCUT2D eigenvalue weighted by Gasteiger charge is -2.23. The fraction of sp³-hybridized carbons (Fsp3) is 0.150. The van der Waals surface area contributed by atoms with Gasteiger partial charge in [0.25, 0.3) is 0 Å². The molecule has 134 valence electrons. The van der Waals surface area contributed by atoms with Crippen LogP contribution in [0.3, 0.4) is 0 Å². The minimum absolute atomic E-state index is 0.0237. The maximum absolute atomic E-state index is 13.0. The van der Waals surface area contributed by atoms with Gasteiger partial charge in [0.15, 0.2) is 17.5 Å². The van der Waals surface area contributed by atoms with E-state index >= 15 is 0 Å². The van der Waals surface area contributed by atoms with Crippen molar-refractivity contribution in [1.82, 2.24) is 0 Å². The molecule has 0 aliphatic heterocycles. The summed E-state index contributed by atoms with van der Waals surface area (Å²) in [6.45, 7) is 1.51. The third-order valence-corrected chi connectivity index (χ3v) is 4.30. The van der Waals surface area contributed by atoms with Gasteiger partial charge in [-0.05, 0) is 19.1 Å². The van der Waals surface area contributed by atoms with Gasteiger partial charge >= 0.3 is 11.9 Å². The van der Waals surface area contributed by atoms with Gasteiger partial charge in [-0.1, -0.05) is 24.3 Å². The van der Waals surface area contributed by atoms with Crippen LogP contribution >= 0.6 is 0 Å². The standard InChI is InChI=1S/C20H13NO6/c1-2-27-20(26)14(9-21)15-13(19(24)25)8-7-12-16(15)18(23)11-6-4-3-5-10(11)17(12)22/h3-8,14H,2H2,1H3,(H,24,25). The van der Waals surface area contributed by atoms with Gasteiger partial charge in [0.05, 0.1) is 18.2 Å². The second kappa shape index (κ2) is 6.84. The van der Waals surface area contributed by atoms with Crippen LogP contribution in [-0.4, -0.2) is 35.2 Å². The number of carbonyl (C=O) groups is 4. The highest BCUT2D eigenvalue weighted by Gasteiger charge is 2.38. The highest BCUT2D eigenvalue weighted by atomic mass is 16.5. The zero-order chi connectivity index (χ0) is 19.7. The average molecular weight is 363 g/mol. The Balaban J connectivity index is 2.35. The number of carbonyl (C=O) groups excluding carboxylic acids is 3. The number of aromatic carboxylic acids is 1. The van der Waals surface area contributed by atoms with Crippen molar-refractivity contribution in [2.24, 2.45) is 0 Å². The quantitative estimate of drug-likeness (QED) is 0.706. The second-order valence-electron chi connectivity index (χ2n) is 5.77. The highest BCUT2D eigenvalue weighted by Crippen LogP contribution is 2.35. The van der Waals surface area contributed by atoms with Crippen molar-refractivity contribution in [2.45, 2.75) is 12.8 Å². The molecule has 2 aromatic rings. The topological polar surface area (TPSA) is 122 Å². The molecule has 0 amide bonds. The smallest absolute Gasteiger partial charge is 0.336 e. The third kappa shape index (κ3) is 2.77. The number of hydrogen-bond donors (Lipinski definition) is 1. The number of ether oxygens (including phenoxy) is 1. The Morgan fingerprint density at radius 2 is 1.70 bits per heavy atom. The maximum atomic E-state index is 13.0. The van der Waals surface area contributed by atoms with Crippen molar-refractivity contribution in [3.63, 3.8) is 0 Å². The first kappa shape index (κ1) is 18.0. The molecule has 1 N–H and O–H groups in total. The molecule has 0 fully saturated rings. The van der Waals surface area contributed by atoms with Crippen molar-refractivity contribution in [1.29, 1.82) is 5.26 Å². The van der Waals surface area contributed by atoms with E-state index in [4.69, 9.17) is 4.74 Å². The monoisotopic (exact) mass is 363 g/mol. The molecule has 0 radical (unpaired) electrons. The van der Waals surface area contributed by atoms with Gasteiger partial charge in [0, 0.05) is 27.8 Å². The van der Waals surface area contributed by atoms with Gasteiger partial charge in [0.1, 0.15) is 0 Å². The van der Waals surface area contributed by atoms with Gasteiger partial charge in [-0.3, -0.25) is 14.4 Å². The van der Waals surface area contributed by atoms with E-state index in [1.165, 1.54) is 25.1 Å². The summed E-state index contributed by atoms with van der Waals surface area (Å²) in [7, 11) is 0. The molecule has 0 heterocycles. The number of rotatable bonds is 4. The van der Waals surface area contributed by atoms with Gasteiger partial charge in [-0.25, -0.2) is 4.79 Å². The molecule has 27 heavy (non-hydrogen) atoms. The number of nitriles is 1. The van der Waals surface area contributed by atoms with Crippen LogP contribution in [0.1, 0.15) is 60.6 Å². The Bertz CT molecular complexity index is 1050. The first-order valence-corrected chi connectivity index (χ1v) is 8.07. The molecule has 3 rings (SSSR count). The average Bonchev–Trinajstić information content (AvgIpc) is 2.66. The van der Waals surface area contributed by atoms with E-state index in [9.17, 15) is 29.5 Å². The molecule has 7 heteroatoms. The van der Waals surface area contributed by atoms with Crippen molar-refractivity contribution < 1.29 is 29.0 Å². The van der Waals surface area contributed by atoms with Crippen LogP contribution in [0.2, 0.25) is 0 Å². The minimum Gasteiger partial charge on any atom is -0.478 e. The van der Waals surface area contributed by atoms with Crippen LogP contribution in [0.4, 0.5) is 0 Å². The van der Waals surface area contributed by atoms with E-state index in [0.717, 1.165) is 6.07 Å². The molecule has 1 atom stereocenters. The van der Waals surface area contributed by atoms with E-state index in [1.54, 1.807) is 18.2 Å². The summed E-state index contributed by atoms with van der Waals surface area (Å²) in [5, 5.41) is 19.0. The maximum Gasteiger partial charge on any atom is 0.336 e. The molecule has 0 bridgehead atoms. The summed E-state index contributed by atoms with van der Waals surface area (Å²) in [6.07, 6.45) is 0. The minimum atomic E-state index is -1.65. The Hall–Kier alpha value is -3.79. The summed E-state index contributed by atoms with van der Waals surface area (Å²) < 4.78 is 4.86. The van der Waals surface area contributed by atoms with Crippen LogP contribution in [0, 0.1) is 11.3 Å². The highest BCUT2D eigenvalue weighted by molar-refractivity contribution is 6.29. The van der Waals surface area contributed by atoms with Crippen LogP contribution < -0.4 is 0 Å². The first-order chi connectivity index (χ1) is 12.9. The largest absolute Gasteiger partial charge is 0.478 e. The lowest BCUT2D eigenvalue weighted by atomic mass is 9.77. The number of nitrogens with zero attached hydrogens (tertiary/aromatic N) is 1. The van der Waals surface area contributed by atoms with Crippen LogP contribution in [-0.2, 0) is 9.53 Å².